The van der Waals surface area contributed by atoms with Crippen LogP contribution in [0.4, 0.5) is 5.00 Å². The van der Waals surface area contributed by atoms with Crippen LogP contribution < -0.4 is 15.5 Å². The van der Waals surface area contributed by atoms with Gasteiger partial charge in [0.1, 0.15) is 16.8 Å². The highest BCUT2D eigenvalue weighted by molar-refractivity contribution is 14.1. The van der Waals surface area contributed by atoms with Crippen LogP contribution in [0.25, 0.3) is 0 Å². The number of anilines is 1. The zero-order chi connectivity index (χ0) is 24.8. The number of nitrogens with one attached hydrogen (secondary N) is 2. The van der Waals surface area contributed by atoms with Crippen LogP contribution in [0.2, 0.25) is 0 Å². The van der Waals surface area contributed by atoms with E-state index in [1.807, 2.05) is 12.1 Å². The second kappa shape index (κ2) is 11.2. The number of aryl methyl sites for hydroxylation is 1. The van der Waals surface area contributed by atoms with Gasteiger partial charge < -0.3 is 10.1 Å². The number of halogens is 1. The van der Waals surface area contributed by atoms with E-state index in [-0.39, 0.29) is 0 Å². The number of nitriles is 1. The van der Waals surface area contributed by atoms with Crippen LogP contribution in [0.3, 0.4) is 0 Å². The van der Waals surface area contributed by atoms with Gasteiger partial charge in [-0.25, -0.2) is 10.2 Å². The van der Waals surface area contributed by atoms with Gasteiger partial charge in [0, 0.05) is 8.45 Å². The summed E-state index contributed by atoms with van der Waals surface area (Å²) in [6.45, 7) is 0. The number of amides is 2. The Bertz CT molecular complexity index is 1360. The van der Waals surface area contributed by atoms with Gasteiger partial charge in [-0.3, -0.25) is 9.59 Å². The van der Waals surface area contributed by atoms with Crippen molar-refractivity contribution in [3.63, 3.8) is 0 Å². The average molecular weight is 598 g/mol. The third-order valence-corrected chi connectivity index (χ3v) is 7.43. The highest BCUT2D eigenvalue weighted by atomic mass is 127. The normalized spacial score (nSPS) is 12.5. The van der Waals surface area contributed by atoms with E-state index in [0.717, 1.165) is 39.7 Å². The fraction of sp³-hybridized carbons (Fsp3) is 0.160. The first-order valence-electron chi connectivity index (χ1n) is 10.7. The van der Waals surface area contributed by atoms with Crippen LogP contribution in [0.1, 0.15) is 44.8 Å². The summed E-state index contributed by atoms with van der Waals surface area (Å²) in [6, 6.07) is 15.8. The van der Waals surface area contributed by atoms with E-state index in [4.69, 9.17) is 4.74 Å². The Labute approximate surface area is 219 Å². The molecular weight excluding hydrogens is 579 g/mol. The number of carbonyl (C=O) groups is 3. The predicted molar refractivity (Wildman–Crippen MR) is 141 cm³/mol. The molecule has 0 saturated carbocycles. The summed E-state index contributed by atoms with van der Waals surface area (Å²) in [6.07, 6.45) is 5.12. The van der Waals surface area contributed by atoms with Crippen molar-refractivity contribution >= 4 is 62.9 Å². The van der Waals surface area contributed by atoms with Crippen molar-refractivity contribution in [3.8, 4) is 11.8 Å². The summed E-state index contributed by atoms with van der Waals surface area (Å²) in [5, 5.41) is 16.2. The molecule has 0 bridgehead atoms. The molecule has 8 nitrogen and oxygen atoms in total. The summed E-state index contributed by atoms with van der Waals surface area (Å²) >= 11 is 3.42. The summed E-state index contributed by atoms with van der Waals surface area (Å²) in [4.78, 5) is 37.8. The van der Waals surface area contributed by atoms with Gasteiger partial charge in [0.15, 0.2) is 0 Å². The number of carbonyl (C=O) groups excluding carboxylic acids is 3. The highest BCUT2D eigenvalue weighted by Gasteiger charge is 2.23. The zero-order valence-corrected chi connectivity index (χ0v) is 21.3. The van der Waals surface area contributed by atoms with Gasteiger partial charge in [0.05, 0.1) is 17.3 Å². The van der Waals surface area contributed by atoms with Gasteiger partial charge in [0.2, 0.25) is 0 Å². The fourth-order valence-corrected chi connectivity index (χ4v) is 5.40. The fourth-order valence-electron chi connectivity index (χ4n) is 3.56. The zero-order valence-electron chi connectivity index (χ0n) is 18.3. The first-order chi connectivity index (χ1) is 17.0. The second-order valence-corrected chi connectivity index (χ2v) is 9.89. The van der Waals surface area contributed by atoms with Crippen molar-refractivity contribution in [1.29, 1.82) is 5.26 Å². The Hall–Kier alpha value is -3.56. The monoisotopic (exact) mass is 598 g/mol. The third-order valence-electron chi connectivity index (χ3n) is 5.28. The van der Waals surface area contributed by atoms with Gasteiger partial charge in [-0.15, -0.1) is 11.3 Å². The molecule has 10 heteroatoms. The number of ether oxygens (including phenoxy) is 1. The Morgan fingerprint density at radius 2 is 1.80 bits per heavy atom. The largest absolute Gasteiger partial charge is 0.423 e. The SMILES string of the molecule is N#Cc1c(NC(=O)C(=O)N/N=C\c2ccc(OC(=O)c3ccccc3I)cc2)sc2c1CCCC2. The summed E-state index contributed by atoms with van der Waals surface area (Å²) in [5.41, 5.74) is 4.70. The molecule has 4 rings (SSSR count). The number of esters is 1. The van der Waals surface area contributed by atoms with Crippen molar-refractivity contribution in [2.45, 2.75) is 25.7 Å². The van der Waals surface area contributed by atoms with Crippen molar-refractivity contribution in [2.24, 2.45) is 5.10 Å². The molecule has 0 unspecified atom stereocenters. The number of fused-ring (bicyclic) bond motifs is 1. The Kier molecular flexibility index (Phi) is 7.89. The van der Waals surface area contributed by atoms with Gasteiger partial charge >= 0.3 is 17.8 Å². The number of hydrogen-bond donors (Lipinski definition) is 2. The lowest BCUT2D eigenvalue weighted by atomic mass is 9.96. The lowest BCUT2D eigenvalue weighted by molar-refractivity contribution is -0.136. The minimum absolute atomic E-state index is 0.363. The smallest absolute Gasteiger partial charge is 0.344 e. The quantitative estimate of drug-likeness (QED) is 0.113. The molecule has 35 heavy (non-hydrogen) atoms. The Balaban J connectivity index is 1.31. The van der Waals surface area contributed by atoms with E-state index in [1.54, 1.807) is 36.4 Å². The summed E-state index contributed by atoms with van der Waals surface area (Å²) < 4.78 is 6.18. The number of rotatable bonds is 5. The molecule has 1 aromatic heterocycles. The Morgan fingerprint density at radius 1 is 1.06 bits per heavy atom. The van der Waals surface area contributed by atoms with E-state index in [0.29, 0.717) is 27.4 Å². The molecule has 2 N–H and O–H groups in total. The molecule has 176 valence electrons. The van der Waals surface area contributed by atoms with E-state index >= 15 is 0 Å². The molecule has 0 saturated heterocycles. The third kappa shape index (κ3) is 5.93. The molecular formula is C25H19IN4O4S. The van der Waals surface area contributed by atoms with E-state index in [9.17, 15) is 19.6 Å². The highest BCUT2D eigenvalue weighted by Crippen LogP contribution is 2.37. The molecule has 0 atom stereocenters. The van der Waals surface area contributed by atoms with Crippen LogP contribution in [0.15, 0.2) is 53.6 Å². The first-order valence-corrected chi connectivity index (χ1v) is 12.6. The van der Waals surface area contributed by atoms with Crippen LogP contribution in [0.5, 0.6) is 5.75 Å². The molecule has 0 aliphatic heterocycles. The lowest BCUT2D eigenvalue weighted by Gasteiger charge is -2.09. The Morgan fingerprint density at radius 3 is 2.54 bits per heavy atom. The first kappa shape index (κ1) is 24.6. The molecule has 1 heterocycles. The van der Waals surface area contributed by atoms with Crippen LogP contribution in [0, 0.1) is 14.9 Å². The van der Waals surface area contributed by atoms with Crippen molar-refractivity contribution in [3.05, 3.63) is 79.2 Å². The number of thiophene rings is 1. The van der Waals surface area contributed by atoms with E-state index in [2.05, 4.69) is 44.5 Å². The van der Waals surface area contributed by atoms with Gasteiger partial charge in [-0.1, -0.05) is 12.1 Å². The topological polar surface area (TPSA) is 121 Å². The minimum Gasteiger partial charge on any atom is -0.423 e. The number of nitrogens with zero attached hydrogens (tertiary/aromatic N) is 2. The van der Waals surface area contributed by atoms with Crippen molar-refractivity contribution in [2.75, 3.05) is 5.32 Å². The standard InChI is InChI=1S/C25H19IN4O4S/c26-20-7-3-1-6-18(20)25(33)34-16-11-9-15(10-12-16)14-28-30-23(32)22(31)29-24-19(13-27)17-5-2-4-8-21(17)35-24/h1,3,6-7,9-12,14H,2,4-5,8H2,(H,29,31)(H,30,32)/b28-14-. The maximum absolute atomic E-state index is 12.3. The van der Waals surface area contributed by atoms with E-state index < -0.39 is 17.8 Å². The van der Waals surface area contributed by atoms with Crippen LogP contribution in [-0.2, 0) is 22.4 Å². The number of hydrogen-bond acceptors (Lipinski definition) is 7. The lowest BCUT2D eigenvalue weighted by Crippen LogP contribution is -2.32. The molecule has 3 aromatic rings. The molecule has 0 spiro atoms. The minimum atomic E-state index is -0.945. The summed E-state index contributed by atoms with van der Waals surface area (Å²) in [7, 11) is 0. The number of hydrazone groups is 1. The van der Waals surface area contributed by atoms with Crippen LogP contribution in [-0.4, -0.2) is 24.0 Å². The average Bonchev–Trinajstić information content (AvgIpc) is 3.22. The van der Waals surface area contributed by atoms with Crippen molar-refractivity contribution < 1.29 is 19.1 Å². The van der Waals surface area contributed by atoms with Gasteiger partial charge in [0.25, 0.3) is 0 Å². The van der Waals surface area contributed by atoms with Gasteiger partial charge in [-0.2, -0.15) is 10.4 Å². The number of benzene rings is 2. The maximum Gasteiger partial charge on any atom is 0.344 e. The van der Waals surface area contributed by atoms with E-state index in [1.165, 1.54) is 17.6 Å². The molecule has 2 amide bonds. The maximum atomic E-state index is 12.3. The van der Waals surface area contributed by atoms with Gasteiger partial charge in [-0.05, 0) is 95.8 Å². The van der Waals surface area contributed by atoms with Crippen molar-refractivity contribution in [1.82, 2.24) is 5.43 Å². The second-order valence-electron chi connectivity index (χ2n) is 7.62. The molecule has 0 radical (unpaired) electrons. The molecule has 1 aliphatic carbocycles. The predicted octanol–water partition coefficient (Wildman–Crippen LogP) is 4.41. The molecule has 0 fully saturated rings. The molecule has 2 aromatic carbocycles. The summed E-state index contributed by atoms with van der Waals surface area (Å²) in [5.74, 6) is -1.93. The molecule has 1 aliphatic rings. The van der Waals surface area contributed by atoms with Crippen LogP contribution >= 0.6 is 33.9 Å².